The molecule has 3 rings (SSSR count). The summed E-state index contributed by atoms with van der Waals surface area (Å²) in [5, 5.41) is 18.9. The number of aryl methyl sites for hydroxylation is 1. The van der Waals surface area contributed by atoms with Crippen molar-refractivity contribution in [2.75, 3.05) is 13.7 Å². The Morgan fingerprint density at radius 1 is 1.12 bits per heavy atom. The van der Waals surface area contributed by atoms with E-state index < -0.39 is 0 Å². The molecule has 2 N–H and O–H groups in total. The number of hydrogen-bond donors (Lipinski definition) is 2. The van der Waals surface area contributed by atoms with Gasteiger partial charge in [0, 0.05) is 18.2 Å². The average molecular weight is 326 g/mol. The third kappa shape index (κ3) is 3.12. The van der Waals surface area contributed by atoms with Crippen molar-refractivity contribution in [1.29, 1.82) is 0 Å². The number of methoxy groups -OCH3 is 1. The van der Waals surface area contributed by atoms with Crippen LogP contribution in [0.5, 0.6) is 11.5 Å². The van der Waals surface area contributed by atoms with Crippen LogP contribution in [-0.4, -0.2) is 23.9 Å². The molecule has 1 heterocycles. The number of aliphatic hydroxyl groups excluding tert-OH is 1. The second kappa shape index (κ2) is 6.76. The molecule has 0 aliphatic carbocycles. The van der Waals surface area contributed by atoms with E-state index in [4.69, 9.17) is 14.3 Å². The fourth-order valence-electron chi connectivity index (χ4n) is 2.65. The summed E-state index contributed by atoms with van der Waals surface area (Å²) in [5.41, 5.74) is 1.90. The first-order valence-corrected chi connectivity index (χ1v) is 7.67. The van der Waals surface area contributed by atoms with Gasteiger partial charge < -0.3 is 19.4 Å². The first-order valence-electron chi connectivity index (χ1n) is 7.67. The van der Waals surface area contributed by atoms with Gasteiger partial charge in [-0.05, 0) is 54.8 Å². The molecular weight excluding hydrogens is 308 g/mol. The molecule has 0 spiro atoms. The zero-order chi connectivity index (χ0) is 17.1. The highest BCUT2D eigenvalue weighted by Crippen LogP contribution is 2.29. The first-order chi connectivity index (χ1) is 11.6. The molecule has 0 bridgehead atoms. The van der Waals surface area contributed by atoms with Crippen molar-refractivity contribution in [3.05, 3.63) is 58.3 Å². The van der Waals surface area contributed by atoms with Gasteiger partial charge in [-0.2, -0.15) is 0 Å². The molecule has 2 aromatic carbocycles. The molecule has 5 heteroatoms. The van der Waals surface area contributed by atoms with Crippen LogP contribution < -0.4 is 10.2 Å². The van der Waals surface area contributed by atoms with Crippen LogP contribution in [0.1, 0.15) is 12.0 Å². The fraction of sp³-hybridized carbons (Fsp3) is 0.211. The van der Waals surface area contributed by atoms with Crippen molar-refractivity contribution in [2.24, 2.45) is 0 Å². The van der Waals surface area contributed by atoms with Crippen LogP contribution in [-0.2, 0) is 6.42 Å². The molecule has 1 aromatic heterocycles. The van der Waals surface area contributed by atoms with Crippen molar-refractivity contribution in [3.63, 3.8) is 0 Å². The largest absolute Gasteiger partial charge is 0.508 e. The highest BCUT2D eigenvalue weighted by atomic mass is 16.5. The molecule has 0 saturated carbocycles. The normalized spacial score (nSPS) is 10.9. The number of hydrogen-bond acceptors (Lipinski definition) is 5. The molecule has 0 fully saturated rings. The third-order valence-corrected chi connectivity index (χ3v) is 3.89. The van der Waals surface area contributed by atoms with Gasteiger partial charge in [-0.1, -0.05) is 0 Å². The summed E-state index contributed by atoms with van der Waals surface area (Å²) in [5.74, 6) is 1.20. The lowest BCUT2D eigenvalue weighted by Gasteiger charge is -2.10. The first kappa shape index (κ1) is 16.1. The Labute approximate surface area is 138 Å². The molecule has 3 aromatic rings. The second-order valence-corrected chi connectivity index (χ2v) is 5.51. The predicted octanol–water partition coefficient (Wildman–Crippen LogP) is 3.10. The molecular formula is C19H18O5. The van der Waals surface area contributed by atoms with E-state index in [1.54, 1.807) is 43.5 Å². The van der Waals surface area contributed by atoms with E-state index in [1.807, 2.05) is 0 Å². The molecule has 124 valence electrons. The van der Waals surface area contributed by atoms with Gasteiger partial charge in [0.25, 0.3) is 0 Å². The van der Waals surface area contributed by atoms with E-state index in [0.717, 1.165) is 5.56 Å². The molecule has 5 nitrogen and oxygen atoms in total. The fourth-order valence-corrected chi connectivity index (χ4v) is 2.65. The average Bonchev–Trinajstić information content (AvgIpc) is 2.59. The molecule has 0 unspecified atom stereocenters. The van der Waals surface area contributed by atoms with Crippen LogP contribution >= 0.6 is 0 Å². The summed E-state index contributed by atoms with van der Waals surface area (Å²) < 4.78 is 11.2. The predicted molar refractivity (Wildman–Crippen MR) is 91.5 cm³/mol. The highest BCUT2D eigenvalue weighted by Gasteiger charge is 2.12. The Morgan fingerprint density at radius 3 is 2.54 bits per heavy atom. The number of aromatic hydroxyl groups is 1. The maximum absolute atomic E-state index is 12.4. The number of benzene rings is 2. The van der Waals surface area contributed by atoms with E-state index in [-0.39, 0.29) is 17.8 Å². The van der Waals surface area contributed by atoms with Gasteiger partial charge in [0.15, 0.2) is 5.43 Å². The third-order valence-electron chi connectivity index (χ3n) is 3.89. The molecule has 0 aliphatic heterocycles. The number of phenolic OH excluding ortho intramolecular Hbond substituents is 1. The summed E-state index contributed by atoms with van der Waals surface area (Å²) >= 11 is 0. The lowest BCUT2D eigenvalue weighted by molar-refractivity contribution is 0.287. The van der Waals surface area contributed by atoms with Crippen LogP contribution in [0, 0.1) is 0 Å². The maximum atomic E-state index is 12.4. The minimum absolute atomic E-state index is 0.0820. The minimum atomic E-state index is -0.161. The van der Waals surface area contributed by atoms with Gasteiger partial charge in [0.1, 0.15) is 22.8 Å². The summed E-state index contributed by atoms with van der Waals surface area (Å²) in [6.07, 6.45) is 1.23. The molecule has 0 saturated heterocycles. The Morgan fingerprint density at radius 2 is 1.88 bits per heavy atom. The van der Waals surface area contributed by atoms with Crippen LogP contribution in [0.15, 0.2) is 51.7 Å². The van der Waals surface area contributed by atoms with E-state index >= 15 is 0 Å². The van der Waals surface area contributed by atoms with Gasteiger partial charge in [-0.3, -0.25) is 4.79 Å². The lowest BCUT2D eigenvalue weighted by Crippen LogP contribution is -2.03. The number of ether oxygens (including phenoxy) is 1. The summed E-state index contributed by atoms with van der Waals surface area (Å²) in [6.45, 7) is 0.0820. The van der Waals surface area contributed by atoms with Gasteiger partial charge in [0.2, 0.25) is 0 Å². The molecule has 24 heavy (non-hydrogen) atoms. The van der Waals surface area contributed by atoms with Gasteiger partial charge >= 0.3 is 0 Å². The van der Waals surface area contributed by atoms with Crippen LogP contribution in [0.2, 0.25) is 0 Å². The van der Waals surface area contributed by atoms with Crippen molar-refractivity contribution < 1.29 is 19.4 Å². The quantitative estimate of drug-likeness (QED) is 0.753. The topological polar surface area (TPSA) is 79.9 Å². The van der Waals surface area contributed by atoms with Crippen LogP contribution in [0.4, 0.5) is 0 Å². The van der Waals surface area contributed by atoms with E-state index in [1.165, 1.54) is 6.07 Å². The van der Waals surface area contributed by atoms with Crippen molar-refractivity contribution in [3.8, 4) is 22.8 Å². The Bertz CT molecular complexity index is 909. The maximum Gasteiger partial charge on any atom is 0.193 e. The number of phenols is 1. The second-order valence-electron chi connectivity index (χ2n) is 5.51. The summed E-state index contributed by atoms with van der Waals surface area (Å²) in [6, 6.07) is 11.4. The zero-order valence-electron chi connectivity index (χ0n) is 13.3. The zero-order valence-corrected chi connectivity index (χ0v) is 13.3. The monoisotopic (exact) mass is 326 g/mol. The van der Waals surface area contributed by atoms with Gasteiger partial charge in [-0.25, -0.2) is 0 Å². The Kier molecular flexibility index (Phi) is 4.53. The summed E-state index contributed by atoms with van der Waals surface area (Å²) in [7, 11) is 1.55. The van der Waals surface area contributed by atoms with E-state index in [9.17, 15) is 9.90 Å². The van der Waals surface area contributed by atoms with Crippen molar-refractivity contribution in [1.82, 2.24) is 0 Å². The Balaban J connectivity index is 2.15. The number of aliphatic hydroxyl groups is 1. The number of fused-ring (bicyclic) bond motifs is 1. The smallest absolute Gasteiger partial charge is 0.193 e. The van der Waals surface area contributed by atoms with Gasteiger partial charge in [0.05, 0.1) is 12.5 Å². The molecule has 0 atom stereocenters. The van der Waals surface area contributed by atoms with Crippen LogP contribution in [0.25, 0.3) is 22.3 Å². The molecule has 0 aliphatic rings. The van der Waals surface area contributed by atoms with Crippen LogP contribution in [0.3, 0.4) is 0 Å². The number of rotatable bonds is 5. The van der Waals surface area contributed by atoms with Gasteiger partial charge in [-0.15, -0.1) is 0 Å². The van der Waals surface area contributed by atoms with E-state index in [0.29, 0.717) is 40.9 Å². The minimum Gasteiger partial charge on any atom is -0.508 e. The van der Waals surface area contributed by atoms with Crippen molar-refractivity contribution >= 4 is 11.0 Å². The highest BCUT2D eigenvalue weighted by molar-refractivity contribution is 5.81. The SMILES string of the molecule is COc1cc2c(=O)cc(-c3ccc(O)cc3)oc2cc1CCCO. The molecule has 0 amide bonds. The standard InChI is InChI=1S/C19H18O5/c1-23-17-10-15-16(22)11-18(12-4-6-14(21)7-5-12)24-19(15)9-13(17)3-2-8-20/h4-7,9-11,20-21H,2-3,8H2,1H3. The lowest BCUT2D eigenvalue weighted by atomic mass is 10.0. The van der Waals surface area contributed by atoms with Crippen molar-refractivity contribution in [2.45, 2.75) is 12.8 Å². The summed E-state index contributed by atoms with van der Waals surface area (Å²) in [4.78, 5) is 12.4. The molecule has 0 radical (unpaired) electrons. The van der Waals surface area contributed by atoms with E-state index in [2.05, 4.69) is 0 Å². The Hall–Kier alpha value is -2.79.